The molecule has 1 aromatic heterocycles. The molecule has 0 saturated carbocycles. The van der Waals surface area contributed by atoms with Gasteiger partial charge in [0.2, 0.25) is 12.5 Å². The van der Waals surface area contributed by atoms with Gasteiger partial charge in [0.15, 0.2) is 17.3 Å². The molecule has 0 spiro atoms. The van der Waals surface area contributed by atoms with Crippen LogP contribution >= 0.6 is 11.6 Å². The molecule has 0 fully saturated rings. The number of halogens is 1. The second kappa shape index (κ2) is 9.38. The van der Waals surface area contributed by atoms with Crippen molar-refractivity contribution in [2.45, 2.75) is 12.5 Å². The highest BCUT2D eigenvalue weighted by atomic mass is 35.5. The van der Waals surface area contributed by atoms with Crippen LogP contribution in [0, 0.1) is 0 Å². The van der Waals surface area contributed by atoms with E-state index in [0.717, 1.165) is 24.1 Å². The monoisotopic (exact) mass is 518 g/mol. The number of methoxy groups -OCH3 is 1. The van der Waals surface area contributed by atoms with Crippen LogP contribution in [0.3, 0.4) is 0 Å². The van der Waals surface area contributed by atoms with Crippen LogP contribution in [0.5, 0.6) is 17.2 Å². The Morgan fingerprint density at radius 3 is 2.81 bits per heavy atom. The fourth-order valence-corrected chi connectivity index (χ4v) is 4.95. The normalized spacial score (nSPS) is 16.4. The summed E-state index contributed by atoms with van der Waals surface area (Å²) in [6.07, 6.45) is 0.817. The maximum absolute atomic E-state index is 13.0. The molecule has 1 N–H and O–H groups in total. The van der Waals surface area contributed by atoms with Gasteiger partial charge < -0.3 is 19.5 Å². The van der Waals surface area contributed by atoms with Crippen LogP contribution in [-0.4, -0.2) is 58.5 Å². The number of carbonyl (C=O) groups excluding carboxylic acids is 1. The molecule has 0 aliphatic carbocycles. The number of carbonyl (C=O) groups is 1. The summed E-state index contributed by atoms with van der Waals surface area (Å²) in [4.78, 5) is 15.1. The van der Waals surface area contributed by atoms with Gasteiger partial charge >= 0.3 is 0 Å². The minimum Gasteiger partial charge on any atom is -0.492 e. The lowest BCUT2D eigenvalue weighted by Gasteiger charge is -2.34. The number of anilines is 1. The van der Waals surface area contributed by atoms with Crippen LogP contribution in [-0.2, 0) is 6.42 Å². The minimum absolute atomic E-state index is 0.151. The first-order valence-corrected chi connectivity index (χ1v) is 12.1. The van der Waals surface area contributed by atoms with Crippen LogP contribution in [0.4, 0.5) is 5.69 Å². The zero-order valence-corrected chi connectivity index (χ0v) is 20.9. The number of rotatable bonds is 5. The summed E-state index contributed by atoms with van der Waals surface area (Å²) in [6, 6.07) is 15.8. The number of benzene rings is 3. The Labute approximate surface area is 217 Å². The maximum atomic E-state index is 13.0. The number of hydrogen-bond donors (Lipinski definition) is 1. The fourth-order valence-electron chi connectivity index (χ4n) is 4.82. The van der Waals surface area contributed by atoms with E-state index >= 15 is 0 Å². The molecule has 2 aliphatic heterocycles. The minimum atomic E-state index is -0.310. The highest BCUT2D eigenvalue weighted by Crippen LogP contribution is 2.50. The lowest BCUT2D eigenvalue weighted by Crippen LogP contribution is -2.35. The molecule has 3 aromatic carbocycles. The van der Waals surface area contributed by atoms with Crippen molar-refractivity contribution in [2.24, 2.45) is 0 Å². The lowest BCUT2D eigenvalue weighted by atomic mass is 9.90. The van der Waals surface area contributed by atoms with Crippen molar-refractivity contribution in [2.75, 3.05) is 32.8 Å². The first-order valence-electron chi connectivity index (χ1n) is 11.7. The first kappa shape index (κ1) is 23.3. The molecule has 2 aliphatic rings. The van der Waals surface area contributed by atoms with Crippen molar-refractivity contribution in [3.63, 3.8) is 0 Å². The smallest absolute Gasteiger partial charge is 0.255 e. The summed E-state index contributed by atoms with van der Waals surface area (Å²) in [6.45, 7) is 0.939. The van der Waals surface area contributed by atoms with E-state index in [1.54, 1.807) is 54.3 Å². The first-order chi connectivity index (χ1) is 18.0. The zero-order valence-electron chi connectivity index (χ0n) is 20.1. The summed E-state index contributed by atoms with van der Waals surface area (Å²) < 4.78 is 18.8. The Kier molecular flexibility index (Phi) is 5.90. The molecule has 11 heteroatoms. The van der Waals surface area contributed by atoms with Crippen LogP contribution in [0.1, 0.15) is 33.4 Å². The Hall–Kier alpha value is -4.15. The molecule has 1 unspecified atom stereocenters. The van der Waals surface area contributed by atoms with E-state index in [9.17, 15) is 4.79 Å². The molecule has 6 rings (SSSR count). The Bertz CT molecular complexity index is 1490. The molecular weight excluding hydrogens is 496 g/mol. The van der Waals surface area contributed by atoms with Gasteiger partial charge in [-0.05, 0) is 78.0 Å². The highest BCUT2D eigenvalue weighted by molar-refractivity contribution is 6.30. The number of likely N-dealkylation sites (N-methyl/N-ethyl adjacent to an activating group) is 1. The molecule has 10 nitrogen and oxygen atoms in total. The van der Waals surface area contributed by atoms with Crippen LogP contribution in [0.2, 0.25) is 5.02 Å². The van der Waals surface area contributed by atoms with Crippen molar-refractivity contribution in [1.82, 2.24) is 25.1 Å². The second-order valence-electron chi connectivity index (χ2n) is 8.81. The van der Waals surface area contributed by atoms with Crippen molar-refractivity contribution in [3.8, 4) is 22.9 Å². The van der Waals surface area contributed by atoms with Crippen molar-refractivity contribution < 1.29 is 19.0 Å². The summed E-state index contributed by atoms with van der Waals surface area (Å²) in [5.41, 5.74) is 3.80. The molecule has 0 radical (unpaired) electrons. The largest absolute Gasteiger partial charge is 0.492 e. The maximum Gasteiger partial charge on any atom is 0.255 e. The van der Waals surface area contributed by atoms with E-state index in [2.05, 4.69) is 25.7 Å². The standard InChI is InChI=1S/C26H23ClN6O4/c1-32-11-10-15-13-20-23(37-14-36-20)24(35-2)21(15)22(32)25-29-30-31-33(25)19-5-3-4-16(12-19)26(34)28-18-8-6-17(27)7-9-18/h3-9,12-13,22H,10-11,14H2,1-2H3,(H,28,34). The lowest BCUT2D eigenvalue weighted by molar-refractivity contribution is 0.102. The van der Waals surface area contributed by atoms with Gasteiger partial charge in [-0.25, -0.2) is 0 Å². The number of hydrogen-bond acceptors (Lipinski definition) is 8. The molecule has 0 saturated heterocycles. The van der Waals surface area contributed by atoms with Crippen molar-refractivity contribution in [3.05, 3.63) is 82.1 Å². The van der Waals surface area contributed by atoms with E-state index in [0.29, 0.717) is 45.0 Å². The van der Waals surface area contributed by atoms with Crippen LogP contribution in [0.25, 0.3) is 5.69 Å². The van der Waals surface area contributed by atoms with Gasteiger partial charge in [0.05, 0.1) is 12.8 Å². The second-order valence-corrected chi connectivity index (χ2v) is 9.25. The summed E-state index contributed by atoms with van der Waals surface area (Å²) in [5.74, 6) is 2.22. The van der Waals surface area contributed by atoms with E-state index in [4.69, 9.17) is 25.8 Å². The van der Waals surface area contributed by atoms with Crippen LogP contribution < -0.4 is 19.5 Å². The predicted molar refractivity (Wildman–Crippen MR) is 136 cm³/mol. The SMILES string of the molecule is COc1c2c(cc3c1C(c1nnnn1-c1cccc(C(=O)Nc4ccc(Cl)cc4)c1)N(C)CC3)OCO2. The predicted octanol–water partition coefficient (Wildman–Crippen LogP) is 3.88. The summed E-state index contributed by atoms with van der Waals surface area (Å²) >= 11 is 5.95. The average Bonchev–Trinajstić information content (AvgIpc) is 3.59. The number of tetrazole rings is 1. The van der Waals surface area contributed by atoms with Gasteiger partial charge in [-0.15, -0.1) is 5.10 Å². The van der Waals surface area contributed by atoms with Crippen LogP contribution in [0.15, 0.2) is 54.6 Å². The van der Waals surface area contributed by atoms with E-state index < -0.39 is 0 Å². The van der Waals surface area contributed by atoms with Gasteiger partial charge in [-0.3, -0.25) is 9.69 Å². The Morgan fingerprint density at radius 1 is 1.16 bits per heavy atom. The molecule has 1 amide bonds. The molecule has 188 valence electrons. The quantitative estimate of drug-likeness (QED) is 0.424. The number of nitrogens with one attached hydrogen (secondary N) is 1. The molecule has 3 heterocycles. The Balaban J connectivity index is 1.38. The van der Waals surface area contributed by atoms with Gasteiger partial charge in [-0.2, -0.15) is 4.68 Å². The molecule has 0 bridgehead atoms. The Morgan fingerprint density at radius 2 is 2.00 bits per heavy atom. The highest BCUT2D eigenvalue weighted by Gasteiger charge is 2.37. The molecule has 1 atom stereocenters. The topological polar surface area (TPSA) is 104 Å². The van der Waals surface area contributed by atoms with E-state index in [1.807, 2.05) is 19.2 Å². The van der Waals surface area contributed by atoms with Gasteiger partial charge in [0, 0.05) is 28.4 Å². The number of amides is 1. The summed E-state index contributed by atoms with van der Waals surface area (Å²) in [5, 5.41) is 16.2. The fraction of sp³-hybridized carbons (Fsp3) is 0.231. The van der Waals surface area contributed by atoms with Gasteiger partial charge in [-0.1, -0.05) is 17.7 Å². The van der Waals surface area contributed by atoms with Crippen molar-refractivity contribution in [1.29, 1.82) is 0 Å². The zero-order chi connectivity index (χ0) is 25.5. The third-order valence-electron chi connectivity index (χ3n) is 6.59. The van der Waals surface area contributed by atoms with E-state index in [-0.39, 0.29) is 18.7 Å². The number of aromatic nitrogens is 4. The third kappa shape index (κ3) is 4.13. The molecule has 4 aromatic rings. The van der Waals surface area contributed by atoms with Gasteiger partial charge in [0.25, 0.3) is 5.91 Å². The number of nitrogens with zero attached hydrogens (tertiary/aromatic N) is 5. The number of fused-ring (bicyclic) bond motifs is 2. The average molecular weight is 519 g/mol. The molecule has 37 heavy (non-hydrogen) atoms. The van der Waals surface area contributed by atoms with Gasteiger partial charge in [0.1, 0.15) is 6.04 Å². The number of ether oxygens (including phenoxy) is 3. The van der Waals surface area contributed by atoms with E-state index in [1.165, 1.54) is 0 Å². The molecular formula is C26H23ClN6O4. The third-order valence-corrected chi connectivity index (χ3v) is 6.84. The summed E-state index contributed by atoms with van der Waals surface area (Å²) in [7, 11) is 3.64. The van der Waals surface area contributed by atoms with Crippen molar-refractivity contribution >= 4 is 23.2 Å².